The van der Waals surface area contributed by atoms with E-state index in [-0.39, 0.29) is 22.8 Å². The first-order chi connectivity index (χ1) is 22.1. The van der Waals surface area contributed by atoms with Crippen LogP contribution in [0.2, 0.25) is 0 Å². The summed E-state index contributed by atoms with van der Waals surface area (Å²) in [7, 11) is 0. The van der Waals surface area contributed by atoms with Crippen molar-refractivity contribution in [3.8, 4) is 0 Å². The van der Waals surface area contributed by atoms with E-state index >= 15 is 0 Å². The van der Waals surface area contributed by atoms with Crippen LogP contribution in [0.15, 0.2) is 71.5 Å². The number of benzene rings is 2. The van der Waals surface area contributed by atoms with Crippen molar-refractivity contribution in [2.24, 2.45) is 0 Å². The Morgan fingerprint density at radius 1 is 0.957 bits per heavy atom. The zero-order valence-corrected chi connectivity index (χ0v) is 27.9. The Kier molecular flexibility index (Phi) is 9.18. The van der Waals surface area contributed by atoms with Gasteiger partial charge in [0.1, 0.15) is 5.82 Å². The number of ether oxygens (including phenoxy) is 1. The van der Waals surface area contributed by atoms with Crippen LogP contribution in [0.1, 0.15) is 97.3 Å². The lowest BCUT2D eigenvalue weighted by atomic mass is 9.62. The number of nitrogens with one attached hydrogen (secondary N) is 2. The summed E-state index contributed by atoms with van der Waals surface area (Å²) < 4.78 is 11.3. The Hall–Kier alpha value is -4.17. The maximum Gasteiger partial charge on any atom is 0.290 e. The zero-order valence-electron chi connectivity index (χ0n) is 27.9. The van der Waals surface area contributed by atoms with Crippen molar-refractivity contribution in [1.29, 1.82) is 0 Å². The number of furan rings is 1. The van der Waals surface area contributed by atoms with Gasteiger partial charge in [0.25, 0.3) is 5.91 Å². The first-order valence-corrected chi connectivity index (χ1v) is 16.5. The fraction of sp³-hybridized carbons (Fsp3) is 0.447. The number of rotatable bonds is 11. The zero-order chi connectivity index (χ0) is 32.3. The Balaban J connectivity index is 1.18. The highest BCUT2D eigenvalue weighted by atomic mass is 16.5. The summed E-state index contributed by atoms with van der Waals surface area (Å²) in [6, 6.07) is 18.5. The van der Waals surface area contributed by atoms with Gasteiger partial charge in [-0.05, 0) is 95.0 Å². The SMILES string of the molecule is Cc1cc2c(cc1CN(Cc1cccc(CNc3ccnc(NC[C@H]4CCCO4)n3)c1)C(=O)c1ccco1)C(C)(C)CCC2(C)C. The molecule has 8 heteroatoms. The number of aromatic nitrogens is 2. The van der Waals surface area contributed by atoms with Crippen molar-refractivity contribution < 1.29 is 13.9 Å². The molecule has 6 rings (SSSR count). The third kappa shape index (κ3) is 7.28. The molecule has 46 heavy (non-hydrogen) atoms. The van der Waals surface area contributed by atoms with Crippen molar-refractivity contribution in [2.45, 2.75) is 96.9 Å². The van der Waals surface area contributed by atoms with Gasteiger partial charge in [-0.1, -0.05) is 64.1 Å². The van der Waals surface area contributed by atoms with Gasteiger partial charge in [-0.15, -0.1) is 0 Å². The molecular weight excluding hydrogens is 574 g/mol. The number of carbonyl (C=O) groups excluding carboxylic acids is 1. The predicted molar refractivity (Wildman–Crippen MR) is 182 cm³/mol. The third-order valence-electron chi connectivity index (χ3n) is 9.70. The van der Waals surface area contributed by atoms with E-state index in [1.165, 1.54) is 28.7 Å². The Morgan fingerprint density at radius 3 is 2.48 bits per heavy atom. The quantitative estimate of drug-likeness (QED) is 0.177. The normalized spacial score (nSPS) is 18.2. The van der Waals surface area contributed by atoms with Crippen LogP contribution in [-0.2, 0) is 35.2 Å². The molecule has 0 bridgehead atoms. The lowest BCUT2D eigenvalue weighted by molar-refractivity contribution is 0.0697. The molecule has 2 N–H and O–H groups in total. The molecule has 2 aliphatic rings. The average molecular weight is 622 g/mol. The summed E-state index contributed by atoms with van der Waals surface area (Å²) in [5.74, 6) is 1.57. The van der Waals surface area contributed by atoms with Crippen molar-refractivity contribution >= 4 is 17.7 Å². The van der Waals surface area contributed by atoms with Gasteiger partial charge in [0.2, 0.25) is 5.95 Å². The second kappa shape index (κ2) is 13.3. The van der Waals surface area contributed by atoms with Crippen LogP contribution >= 0.6 is 0 Å². The number of nitrogens with zero attached hydrogens (tertiary/aromatic N) is 3. The maximum atomic E-state index is 13.8. The fourth-order valence-corrected chi connectivity index (χ4v) is 6.70. The minimum absolute atomic E-state index is 0.0926. The summed E-state index contributed by atoms with van der Waals surface area (Å²) in [5, 5.41) is 6.72. The van der Waals surface area contributed by atoms with Gasteiger partial charge in [-0.3, -0.25) is 4.79 Å². The number of hydrogen-bond acceptors (Lipinski definition) is 7. The summed E-state index contributed by atoms with van der Waals surface area (Å²) in [4.78, 5) is 24.7. The summed E-state index contributed by atoms with van der Waals surface area (Å²) in [6.45, 7) is 14.6. The lowest BCUT2D eigenvalue weighted by Gasteiger charge is -2.42. The molecule has 2 aromatic carbocycles. The van der Waals surface area contributed by atoms with E-state index in [0.717, 1.165) is 42.8 Å². The standard InChI is InChI=1S/C38H47N5O3/c1-26-19-31-32(38(4,5)15-14-37(31,2)3)21-29(26)25-43(35(44)33-12-8-18-46-33)24-28-10-6-9-27(20-28)22-40-34-13-16-39-36(42-34)41-23-30-11-7-17-45-30/h6,8-10,12-13,16,18-21,30H,7,11,14-15,17,22-25H2,1-5H3,(H2,39,40,41,42)/t30-/m1/s1. The van der Waals surface area contributed by atoms with Gasteiger partial charge < -0.3 is 24.7 Å². The molecule has 3 heterocycles. The molecule has 0 saturated carbocycles. The van der Waals surface area contributed by atoms with Crippen molar-refractivity contribution in [2.75, 3.05) is 23.8 Å². The number of anilines is 2. The van der Waals surface area contributed by atoms with Crippen molar-refractivity contribution in [3.05, 3.63) is 106 Å². The molecule has 1 aliphatic carbocycles. The third-order valence-corrected chi connectivity index (χ3v) is 9.70. The maximum absolute atomic E-state index is 13.8. The minimum atomic E-state index is -0.116. The smallest absolute Gasteiger partial charge is 0.290 e. The number of hydrogen-bond donors (Lipinski definition) is 2. The van der Waals surface area contributed by atoms with Gasteiger partial charge in [0, 0.05) is 39.0 Å². The molecule has 1 atom stereocenters. The predicted octanol–water partition coefficient (Wildman–Crippen LogP) is 7.77. The molecule has 1 amide bonds. The second-order valence-electron chi connectivity index (χ2n) is 14.2. The first-order valence-electron chi connectivity index (χ1n) is 16.5. The van der Waals surface area contributed by atoms with Gasteiger partial charge in [0.05, 0.1) is 12.4 Å². The van der Waals surface area contributed by atoms with Gasteiger partial charge >= 0.3 is 0 Å². The minimum Gasteiger partial charge on any atom is -0.459 e. The van der Waals surface area contributed by atoms with Crippen LogP contribution in [0.25, 0.3) is 0 Å². The summed E-state index contributed by atoms with van der Waals surface area (Å²) >= 11 is 0. The van der Waals surface area contributed by atoms with Crippen LogP contribution in [0.5, 0.6) is 0 Å². The summed E-state index contributed by atoms with van der Waals surface area (Å²) in [6.07, 6.45) is 8.02. The molecule has 8 nitrogen and oxygen atoms in total. The van der Waals surface area contributed by atoms with E-state index in [1.54, 1.807) is 24.6 Å². The van der Waals surface area contributed by atoms with Gasteiger partial charge in [0.15, 0.2) is 5.76 Å². The largest absolute Gasteiger partial charge is 0.459 e. The van der Waals surface area contributed by atoms with Crippen LogP contribution < -0.4 is 10.6 Å². The van der Waals surface area contributed by atoms with E-state index in [1.807, 2.05) is 17.0 Å². The molecule has 2 aromatic heterocycles. The number of carbonyl (C=O) groups is 1. The van der Waals surface area contributed by atoms with Crippen molar-refractivity contribution in [1.82, 2.24) is 14.9 Å². The van der Waals surface area contributed by atoms with E-state index in [2.05, 4.69) is 85.6 Å². The highest BCUT2D eigenvalue weighted by Crippen LogP contribution is 2.46. The molecule has 1 aliphatic heterocycles. The average Bonchev–Trinajstić information content (AvgIpc) is 3.77. The highest BCUT2D eigenvalue weighted by molar-refractivity contribution is 5.91. The van der Waals surface area contributed by atoms with Crippen LogP contribution in [0.3, 0.4) is 0 Å². The topological polar surface area (TPSA) is 92.5 Å². The monoisotopic (exact) mass is 621 g/mol. The van der Waals surface area contributed by atoms with E-state index in [9.17, 15) is 4.79 Å². The molecule has 4 aromatic rings. The first kappa shape index (κ1) is 31.8. The Bertz CT molecular complexity index is 1660. The molecule has 242 valence electrons. The van der Waals surface area contributed by atoms with E-state index in [0.29, 0.717) is 37.9 Å². The number of amides is 1. The fourth-order valence-electron chi connectivity index (χ4n) is 6.70. The van der Waals surface area contributed by atoms with E-state index < -0.39 is 0 Å². The van der Waals surface area contributed by atoms with Crippen LogP contribution in [0.4, 0.5) is 11.8 Å². The molecule has 1 saturated heterocycles. The van der Waals surface area contributed by atoms with Gasteiger partial charge in [-0.2, -0.15) is 4.98 Å². The van der Waals surface area contributed by atoms with Gasteiger partial charge in [-0.25, -0.2) is 4.98 Å². The van der Waals surface area contributed by atoms with Crippen LogP contribution in [-0.4, -0.2) is 40.0 Å². The molecule has 0 radical (unpaired) electrons. The lowest BCUT2D eigenvalue weighted by Crippen LogP contribution is -2.35. The summed E-state index contributed by atoms with van der Waals surface area (Å²) in [5.41, 5.74) is 7.61. The number of aryl methyl sites for hydroxylation is 1. The number of fused-ring (bicyclic) bond motifs is 1. The Morgan fingerprint density at radius 2 is 1.74 bits per heavy atom. The molecule has 1 fully saturated rings. The molecular formula is C38H47N5O3. The molecule has 0 spiro atoms. The highest BCUT2D eigenvalue weighted by Gasteiger charge is 2.37. The van der Waals surface area contributed by atoms with Crippen LogP contribution in [0, 0.1) is 6.92 Å². The van der Waals surface area contributed by atoms with E-state index in [4.69, 9.17) is 9.15 Å². The molecule has 0 unspecified atom stereocenters. The second-order valence-corrected chi connectivity index (χ2v) is 14.2. The van der Waals surface area contributed by atoms with Crippen molar-refractivity contribution in [3.63, 3.8) is 0 Å². The Labute approximate surface area is 273 Å².